The number of anilines is 2. The van der Waals surface area contributed by atoms with Gasteiger partial charge in [-0.1, -0.05) is 30.5 Å². The molecule has 2 amide bonds. The summed E-state index contributed by atoms with van der Waals surface area (Å²) in [6.45, 7) is 0.263. The monoisotopic (exact) mass is 551 g/mol. The first kappa shape index (κ1) is 26.4. The predicted octanol–water partition coefficient (Wildman–Crippen LogP) is 5.43. The number of hydrogen-bond donors (Lipinski definition) is 1. The third-order valence-corrected chi connectivity index (χ3v) is 8.33. The van der Waals surface area contributed by atoms with Crippen molar-refractivity contribution in [1.82, 2.24) is 0 Å². The number of halogens is 4. The average molecular weight is 552 g/mol. The van der Waals surface area contributed by atoms with Crippen LogP contribution in [0, 0.1) is 22.0 Å². The number of nitrogens with zero attached hydrogens (tertiary/aromatic N) is 3. The van der Waals surface area contributed by atoms with Gasteiger partial charge in [-0.15, -0.1) is 0 Å². The van der Waals surface area contributed by atoms with E-state index in [1.165, 1.54) is 24.3 Å². The Kier molecular flexibility index (Phi) is 6.63. The van der Waals surface area contributed by atoms with Gasteiger partial charge in [0.05, 0.1) is 38.6 Å². The molecule has 2 unspecified atom stereocenters. The van der Waals surface area contributed by atoms with Gasteiger partial charge in [0.2, 0.25) is 11.8 Å². The molecule has 0 spiro atoms. The number of benzene rings is 2. The molecule has 2 aliphatic heterocycles. The minimum atomic E-state index is -4.68. The molecule has 5 rings (SSSR count). The molecule has 3 fully saturated rings. The highest BCUT2D eigenvalue weighted by Gasteiger charge is 2.49. The summed E-state index contributed by atoms with van der Waals surface area (Å²) in [7, 11) is 0. The maximum absolute atomic E-state index is 13.3. The lowest BCUT2D eigenvalue weighted by Crippen LogP contribution is -2.43. The molecular formula is C26H25ClF3N3O5. The van der Waals surface area contributed by atoms with E-state index < -0.39 is 27.3 Å². The van der Waals surface area contributed by atoms with E-state index in [0.717, 1.165) is 29.9 Å². The zero-order valence-electron chi connectivity index (χ0n) is 20.2. The Morgan fingerprint density at radius 1 is 1.00 bits per heavy atom. The summed E-state index contributed by atoms with van der Waals surface area (Å²) in [5.74, 6) is -1.43. The number of hydrogen-bond acceptors (Lipinski definition) is 6. The largest absolute Gasteiger partial charge is 0.417 e. The Labute approximate surface area is 221 Å². The second-order valence-corrected chi connectivity index (χ2v) is 10.6. The van der Waals surface area contributed by atoms with Crippen molar-refractivity contribution < 1.29 is 32.8 Å². The number of aliphatic hydroxyl groups is 1. The van der Waals surface area contributed by atoms with Crippen LogP contribution in [0.5, 0.6) is 0 Å². The molecular weight excluding hydrogens is 527 g/mol. The molecule has 0 aromatic heterocycles. The number of fused-ring (bicyclic) bond motifs is 1. The average Bonchev–Trinajstić information content (AvgIpc) is 3.13. The Bertz CT molecular complexity index is 1290. The smallest absolute Gasteiger partial charge is 0.385 e. The second kappa shape index (κ2) is 9.53. The van der Waals surface area contributed by atoms with Gasteiger partial charge < -0.3 is 10.0 Å². The van der Waals surface area contributed by atoms with Crippen LogP contribution >= 0.6 is 11.6 Å². The fraction of sp³-hybridized carbons (Fsp3) is 0.462. The minimum Gasteiger partial charge on any atom is -0.385 e. The first-order chi connectivity index (χ1) is 17.9. The highest BCUT2D eigenvalue weighted by molar-refractivity contribution is 6.31. The van der Waals surface area contributed by atoms with E-state index >= 15 is 0 Å². The third-order valence-electron chi connectivity index (χ3n) is 8.00. The topological polar surface area (TPSA) is 104 Å². The predicted molar refractivity (Wildman–Crippen MR) is 133 cm³/mol. The van der Waals surface area contributed by atoms with Crippen LogP contribution in [0.4, 0.5) is 30.2 Å². The summed E-state index contributed by atoms with van der Waals surface area (Å²) in [6.07, 6.45) is -1.65. The molecule has 38 heavy (non-hydrogen) atoms. The number of imide groups is 1. The molecule has 3 aliphatic rings. The molecule has 1 saturated carbocycles. The Morgan fingerprint density at radius 3 is 2.16 bits per heavy atom. The number of amides is 2. The maximum atomic E-state index is 13.3. The standard InChI is InChI=1S/C26H25ClF3N3O5/c27-20-7-5-15(13-19(20)26(28,29)30)25(36)9-11-31(12-10-25)21-8-6-16(14-22(21)33(37)38)32-23(34)17-3-1-2-4-18(17)24(32)35/h5-8,13-14,17-18,36H,1-4,9-12H2. The van der Waals surface area contributed by atoms with Crippen LogP contribution in [-0.2, 0) is 21.4 Å². The van der Waals surface area contributed by atoms with Gasteiger partial charge >= 0.3 is 6.18 Å². The second-order valence-electron chi connectivity index (χ2n) is 10.2. The maximum Gasteiger partial charge on any atom is 0.417 e. The fourth-order valence-corrected chi connectivity index (χ4v) is 6.14. The van der Waals surface area contributed by atoms with Crippen molar-refractivity contribution in [2.24, 2.45) is 11.8 Å². The van der Waals surface area contributed by atoms with E-state index in [4.69, 9.17) is 11.6 Å². The summed E-state index contributed by atoms with van der Waals surface area (Å²) in [5, 5.41) is 22.7. The quantitative estimate of drug-likeness (QED) is 0.308. The molecule has 202 valence electrons. The van der Waals surface area contributed by atoms with Crippen molar-refractivity contribution in [2.45, 2.75) is 50.3 Å². The van der Waals surface area contributed by atoms with Gasteiger partial charge in [0, 0.05) is 19.2 Å². The zero-order valence-corrected chi connectivity index (χ0v) is 21.0. The molecule has 0 bridgehead atoms. The van der Waals surface area contributed by atoms with Crippen molar-refractivity contribution in [2.75, 3.05) is 22.9 Å². The first-order valence-corrected chi connectivity index (χ1v) is 12.8. The van der Waals surface area contributed by atoms with Gasteiger partial charge in [0.15, 0.2) is 0 Å². The van der Waals surface area contributed by atoms with Crippen LogP contribution in [-0.4, -0.2) is 34.9 Å². The number of rotatable bonds is 4. The molecule has 2 atom stereocenters. The van der Waals surface area contributed by atoms with Gasteiger partial charge in [-0.2, -0.15) is 13.2 Å². The lowest BCUT2D eigenvalue weighted by Gasteiger charge is -2.39. The number of alkyl halides is 3. The van der Waals surface area contributed by atoms with Crippen LogP contribution in [0.3, 0.4) is 0 Å². The lowest BCUT2D eigenvalue weighted by atomic mass is 9.81. The molecule has 2 heterocycles. The van der Waals surface area contributed by atoms with Gasteiger partial charge in [0.25, 0.3) is 5.69 Å². The Morgan fingerprint density at radius 2 is 1.61 bits per heavy atom. The number of piperidine rings is 1. The number of carbonyl (C=O) groups is 2. The van der Waals surface area contributed by atoms with Crippen LogP contribution in [0.15, 0.2) is 36.4 Å². The van der Waals surface area contributed by atoms with E-state index in [-0.39, 0.29) is 72.2 Å². The van der Waals surface area contributed by atoms with E-state index in [9.17, 15) is 38.0 Å². The molecule has 1 N–H and O–H groups in total. The van der Waals surface area contributed by atoms with Gasteiger partial charge in [0.1, 0.15) is 5.69 Å². The van der Waals surface area contributed by atoms with Crippen molar-refractivity contribution in [1.29, 1.82) is 0 Å². The van der Waals surface area contributed by atoms with Crippen molar-refractivity contribution >= 4 is 40.5 Å². The van der Waals surface area contributed by atoms with E-state index in [2.05, 4.69) is 0 Å². The minimum absolute atomic E-state index is 0.0251. The summed E-state index contributed by atoms with van der Waals surface area (Å²) in [4.78, 5) is 40.0. The fourth-order valence-electron chi connectivity index (χ4n) is 5.92. The Balaban J connectivity index is 1.38. The van der Waals surface area contributed by atoms with Gasteiger partial charge in [-0.05, 0) is 55.5 Å². The SMILES string of the molecule is O=C1C2CCCCC2C(=O)N1c1ccc(N2CCC(O)(c3ccc(Cl)c(C(F)(F)F)c3)CC2)c([N+](=O)[O-])c1. The molecule has 12 heteroatoms. The highest BCUT2D eigenvalue weighted by Crippen LogP contribution is 2.44. The molecule has 2 saturated heterocycles. The first-order valence-electron chi connectivity index (χ1n) is 12.4. The summed E-state index contributed by atoms with van der Waals surface area (Å²) in [6, 6.07) is 7.50. The lowest BCUT2D eigenvalue weighted by molar-refractivity contribution is -0.384. The third kappa shape index (κ3) is 4.51. The van der Waals surface area contributed by atoms with Crippen molar-refractivity contribution in [3.05, 3.63) is 62.7 Å². The van der Waals surface area contributed by atoms with Gasteiger partial charge in [-0.3, -0.25) is 19.7 Å². The molecule has 2 aromatic rings. The summed E-state index contributed by atoms with van der Waals surface area (Å²) < 4.78 is 40.0. The molecule has 8 nitrogen and oxygen atoms in total. The summed E-state index contributed by atoms with van der Waals surface area (Å²) >= 11 is 5.71. The molecule has 0 radical (unpaired) electrons. The molecule has 2 aromatic carbocycles. The Hall–Kier alpha value is -3.18. The normalized spacial score (nSPS) is 23.5. The van der Waals surface area contributed by atoms with Crippen LogP contribution in [0.1, 0.15) is 49.7 Å². The van der Waals surface area contributed by atoms with E-state index in [1.807, 2.05) is 0 Å². The highest BCUT2D eigenvalue weighted by atomic mass is 35.5. The molecule has 1 aliphatic carbocycles. The van der Waals surface area contributed by atoms with Crippen LogP contribution in [0.25, 0.3) is 0 Å². The number of nitro benzene ring substituents is 1. The summed E-state index contributed by atoms with van der Waals surface area (Å²) in [5.41, 5.74) is -2.44. The van der Waals surface area contributed by atoms with Crippen molar-refractivity contribution in [3.63, 3.8) is 0 Å². The van der Waals surface area contributed by atoms with Crippen molar-refractivity contribution in [3.8, 4) is 0 Å². The van der Waals surface area contributed by atoms with Gasteiger partial charge in [-0.25, -0.2) is 4.90 Å². The van der Waals surface area contributed by atoms with Crippen LogP contribution < -0.4 is 9.80 Å². The zero-order chi connectivity index (χ0) is 27.4. The van der Waals surface area contributed by atoms with E-state index in [1.54, 1.807) is 4.90 Å². The number of nitro groups is 1. The van der Waals surface area contributed by atoms with Crippen LogP contribution in [0.2, 0.25) is 5.02 Å². The number of carbonyl (C=O) groups excluding carboxylic acids is 2. The van der Waals surface area contributed by atoms with E-state index in [0.29, 0.717) is 12.8 Å².